The van der Waals surface area contributed by atoms with Crippen molar-refractivity contribution in [2.45, 2.75) is 39.3 Å². The lowest BCUT2D eigenvalue weighted by molar-refractivity contribution is -0.318. The van der Waals surface area contributed by atoms with Crippen LogP contribution in [0.3, 0.4) is 0 Å². The van der Waals surface area contributed by atoms with E-state index in [9.17, 15) is 9.59 Å². The van der Waals surface area contributed by atoms with Crippen molar-refractivity contribution >= 4 is 12.0 Å². The van der Waals surface area contributed by atoms with E-state index in [2.05, 4.69) is 15.0 Å². The number of nitrogens with zero attached hydrogens (tertiary/aromatic N) is 1. The Hall–Kier alpha value is -1.34. The van der Waals surface area contributed by atoms with Crippen LogP contribution in [0.15, 0.2) is 0 Å². The van der Waals surface area contributed by atoms with E-state index < -0.39 is 23.6 Å². The summed E-state index contributed by atoms with van der Waals surface area (Å²) >= 11 is 0. The maximum atomic E-state index is 11.6. The number of nitrogens with one attached hydrogen (secondary N) is 1. The molecule has 0 heterocycles. The number of amides is 2. The van der Waals surface area contributed by atoms with Gasteiger partial charge in [0.1, 0.15) is 11.6 Å². The summed E-state index contributed by atoms with van der Waals surface area (Å²) < 4.78 is 5.00. The molecule has 0 aromatic rings. The molecular weight excluding hydrogens is 228 g/mol. The summed E-state index contributed by atoms with van der Waals surface area (Å²) in [7, 11) is 2.56. The maximum Gasteiger partial charge on any atom is 0.408 e. The molecule has 0 aliphatic carbocycles. The summed E-state index contributed by atoms with van der Waals surface area (Å²) in [6.07, 6.45) is -0.675. The van der Waals surface area contributed by atoms with E-state index in [1.807, 2.05) is 0 Å². The first-order chi connectivity index (χ1) is 7.71. The van der Waals surface area contributed by atoms with E-state index >= 15 is 0 Å². The molecule has 0 aromatic carbocycles. The number of ether oxygens (including phenoxy) is 1. The minimum Gasteiger partial charge on any atom is -0.444 e. The van der Waals surface area contributed by atoms with Gasteiger partial charge in [-0.25, -0.2) is 14.5 Å². The second-order valence-electron chi connectivity index (χ2n) is 4.33. The third-order valence-corrected chi connectivity index (χ3v) is 1.62. The average Bonchev–Trinajstić information content (AvgIpc) is 2.16. The minimum absolute atomic E-state index is 0.541. The number of hydroxylamine groups is 2. The van der Waals surface area contributed by atoms with Crippen molar-refractivity contribution in [3.05, 3.63) is 0 Å². The van der Waals surface area contributed by atoms with Crippen molar-refractivity contribution in [2.24, 2.45) is 0 Å². The van der Waals surface area contributed by atoms with Gasteiger partial charge >= 0.3 is 6.09 Å². The quantitative estimate of drug-likeness (QED) is 0.746. The van der Waals surface area contributed by atoms with Crippen LogP contribution in [0.5, 0.6) is 0 Å². The topological polar surface area (TPSA) is 77.1 Å². The molecule has 0 unspecified atom stereocenters. The Morgan fingerprint density at radius 3 is 2.00 bits per heavy atom. The number of carbonyl (C=O) groups excluding carboxylic acids is 2. The molecule has 2 amide bonds. The van der Waals surface area contributed by atoms with Crippen LogP contribution in [0.4, 0.5) is 4.79 Å². The number of alkyl carbamates (subject to hydrolysis) is 1. The van der Waals surface area contributed by atoms with Crippen LogP contribution >= 0.6 is 0 Å². The fourth-order valence-electron chi connectivity index (χ4n) is 0.959. The summed E-state index contributed by atoms with van der Waals surface area (Å²) in [6, 6.07) is -0.815. The van der Waals surface area contributed by atoms with Gasteiger partial charge < -0.3 is 10.1 Å². The van der Waals surface area contributed by atoms with Crippen LogP contribution in [0, 0.1) is 0 Å². The lowest BCUT2D eigenvalue weighted by Crippen LogP contribution is -2.47. The summed E-state index contributed by atoms with van der Waals surface area (Å²) in [4.78, 5) is 32.3. The van der Waals surface area contributed by atoms with Crippen LogP contribution in [-0.4, -0.2) is 43.1 Å². The standard InChI is InChI=1S/C10H20N2O5/c1-7(8(13)12(15-5)16-6)11-9(14)17-10(2,3)4/h7H,1-6H3,(H,11,14)/t7-/m0/s1. The molecule has 17 heavy (non-hydrogen) atoms. The van der Waals surface area contributed by atoms with Gasteiger partial charge in [0.2, 0.25) is 0 Å². The molecule has 1 N–H and O–H groups in total. The average molecular weight is 248 g/mol. The molecule has 0 bridgehead atoms. The molecule has 1 atom stereocenters. The summed E-state index contributed by atoms with van der Waals surface area (Å²) in [5.41, 5.74) is -0.616. The Balaban J connectivity index is 4.30. The van der Waals surface area contributed by atoms with Gasteiger partial charge in [-0.05, 0) is 27.7 Å². The molecule has 0 fully saturated rings. The molecule has 0 saturated heterocycles. The molecule has 0 rings (SSSR count). The zero-order valence-electron chi connectivity index (χ0n) is 11.1. The van der Waals surface area contributed by atoms with Gasteiger partial charge in [0, 0.05) is 0 Å². The van der Waals surface area contributed by atoms with E-state index in [1.54, 1.807) is 20.8 Å². The first kappa shape index (κ1) is 15.7. The van der Waals surface area contributed by atoms with Gasteiger partial charge in [0.15, 0.2) is 0 Å². The molecule has 100 valence electrons. The minimum atomic E-state index is -0.815. The second-order valence-corrected chi connectivity index (χ2v) is 4.33. The largest absolute Gasteiger partial charge is 0.444 e. The zero-order chi connectivity index (χ0) is 13.6. The maximum absolute atomic E-state index is 11.6. The summed E-state index contributed by atoms with van der Waals surface area (Å²) in [5.74, 6) is -0.541. The highest BCUT2D eigenvalue weighted by Gasteiger charge is 2.25. The molecule has 0 spiro atoms. The SMILES string of the molecule is CON(OC)C(=O)[C@H](C)NC(=O)OC(C)(C)C. The highest BCUT2D eigenvalue weighted by molar-refractivity contribution is 5.83. The van der Waals surface area contributed by atoms with Crippen molar-refractivity contribution < 1.29 is 24.0 Å². The lowest BCUT2D eigenvalue weighted by Gasteiger charge is -2.23. The molecular formula is C10H20N2O5. The fourth-order valence-corrected chi connectivity index (χ4v) is 0.959. The normalized spacial score (nSPS) is 12.8. The third kappa shape index (κ3) is 6.08. The molecule has 0 saturated carbocycles. The van der Waals surface area contributed by atoms with Gasteiger partial charge in [0.25, 0.3) is 5.91 Å². The van der Waals surface area contributed by atoms with Crippen LogP contribution in [-0.2, 0) is 19.2 Å². The lowest BCUT2D eigenvalue weighted by atomic mass is 10.2. The van der Waals surface area contributed by atoms with E-state index in [0.29, 0.717) is 5.23 Å². The number of hydrogen-bond acceptors (Lipinski definition) is 5. The fraction of sp³-hybridized carbons (Fsp3) is 0.800. The molecule has 7 nitrogen and oxygen atoms in total. The smallest absolute Gasteiger partial charge is 0.408 e. The van der Waals surface area contributed by atoms with E-state index in [0.717, 1.165) is 0 Å². The number of carbonyl (C=O) groups is 2. The van der Waals surface area contributed by atoms with Crippen molar-refractivity contribution in [1.82, 2.24) is 10.5 Å². The van der Waals surface area contributed by atoms with Crippen LogP contribution < -0.4 is 5.32 Å². The van der Waals surface area contributed by atoms with Gasteiger partial charge in [-0.2, -0.15) is 0 Å². The van der Waals surface area contributed by atoms with Gasteiger partial charge in [-0.3, -0.25) is 4.79 Å². The molecule has 7 heteroatoms. The predicted octanol–water partition coefficient (Wildman–Crippen LogP) is 0.851. The predicted molar refractivity (Wildman–Crippen MR) is 59.7 cm³/mol. The zero-order valence-corrected chi connectivity index (χ0v) is 11.1. The molecule has 0 aliphatic heterocycles. The first-order valence-electron chi connectivity index (χ1n) is 5.13. The highest BCUT2D eigenvalue weighted by atomic mass is 16.9. The van der Waals surface area contributed by atoms with Gasteiger partial charge in [-0.1, -0.05) is 5.23 Å². The molecule has 0 aromatic heterocycles. The van der Waals surface area contributed by atoms with Crippen LogP contribution in [0.2, 0.25) is 0 Å². The van der Waals surface area contributed by atoms with Crippen LogP contribution in [0.25, 0.3) is 0 Å². The molecule has 0 radical (unpaired) electrons. The van der Waals surface area contributed by atoms with E-state index in [1.165, 1.54) is 21.1 Å². The van der Waals surface area contributed by atoms with Crippen molar-refractivity contribution in [3.63, 3.8) is 0 Å². The number of rotatable bonds is 4. The van der Waals surface area contributed by atoms with Crippen molar-refractivity contribution in [2.75, 3.05) is 14.2 Å². The first-order valence-corrected chi connectivity index (χ1v) is 5.13. The highest BCUT2D eigenvalue weighted by Crippen LogP contribution is 2.07. The van der Waals surface area contributed by atoms with Crippen molar-refractivity contribution in [1.29, 1.82) is 0 Å². The van der Waals surface area contributed by atoms with Crippen LogP contribution in [0.1, 0.15) is 27.7 Å². The Bertz CT molecular complexity index is 270. The van der Waals surface area contributed by atoms with Crippen molar-refractivity contribution in [3.8, 4) is 0 Å². The Morgan fingerprint density at radius 2 is 1.65 bits per heavy atom. The number of hydrogen-bond donors (Lipinski definition) is 1. The second kappa shape index (κ2) is 6.41. The Labute approximate surface area is 101 Å². The Kier molecular flexibility index (Phi) is 5.90. The summed E-state index contributed by atoms with van der Waals surface area (Å²) in [5, 5.41) is 3.04. The van der Waals surface area contributed by atoms with Gasteiger partial charge in [0.05, 0.1) is 14.2 Å². The van der Waals surface area contributed by atoms with E-state index in [-0.39, 0.29) is 0 Å². The third-order valence-electron chi connectivity index (χ3n) is 1.62. The summed E-state index contributed by atoms with van der Waals surface area (Å²) in [6.45, 7) is 6.69. The van der Waals surface area contributed by atoms with E-state index in [4.69, 9.17) is 4.74 Å². The monoisotopic (exact) mass is 248 g/mol. The molecule has 0 aliphatic rings. The Morgan fingerprint density at radius 1 is 1.18 bits per heavy atom. The van der Waals surface area contributed by atoms with Gasteiger partial charge in [-0.15, -0.1) is 0 Å².